The van der Waals surface area contributed by atoms with Crippen molar-refractivity contribution in [2.24, 2.45) is 0 Å². The van der Waals surface area contributed by atoms with Crippen molar-refractivity contribution < 1.29 is 22.6 Å². The Balaban J connectivity index is 1.22. The first-order chi connectivity index (χ1) is 16.5. The molecule has 0 saturated carbocycles. The van der Waals surface area contributed by atoms with Gasteiger partial charge < -0.3 is 9.47 Å². The summed E-state index contributed by atoms with van der Waals surface area (Å²) in [6.07, 6.45) is 11.4. The van der Waals surface area contributed by atoms with Crippen molar-refractivity contribution in [3.63, 3.8) is 0 Å². The second-order valence-corrected chi connectivity index (χ2v) is 9.01. The van der Waals surface area contributed by atoms with Crippen molar-refractivity contribution in [1.82, 2.24) is 0 Å². The number of epoxide rings is 1. The molecule has 0 amide bonds. The molecule has 1 fully saturated rings. The third kappa shape index (κ3) is 4.82. The number of halogens is 3. The lowest BCUT2D eigenvalue weighted by atomic mass is 9.87. The van der Waals surface area contributed by atoms with Crippen LogP contribution in [0, 0.1) is 11.6 Å². The summed E-state index contributed by atoms with van der Waals surface area (Å²) in [6.45, 7) is 0.673. The Hall–Kier alpha value is -2.89. The van der Waals surface area contributed by atoms with Gasteiger partial charge in [-0.3, -0.25) is 0 Å². The van der Waals surface area contributed by atoms with E-state index in [2.05, 4.69) is 6.08 Å². The summed E-state index contributed by atoms with van der Waals surface area (Å²) in [5.74, 6) is -2.03. The molecule has 0 spiro atoms. The molecule has 2 aromatic carbocycles. The molecule has 5 heteroatoms. The van der Waals surface area contributed by atoms with Gasteiger partial charge in [-0.1, -0.05) is 60.7 Å². The van der Waals surface area contributed by atoms with Crippen molar-refractivity contribution in [3.8, 4) is 0 Å². The van der Waals surface area contributed by atoms with Gasteiger partial charge in [0.1, 0.15) is 11.9 Å². The smallest absolute Gasteiger partial charge is 0.166 e. The van der Waals surface area contributed by atoms with Gasteiger partial charge in [0.15, 0.2) is 11.6 Å². The van der Waals surface area contributed by atoms with E-state index in [1.54, 1.807) is 31.4 Å². The van der Waals surface area contributed by atoms with E-state index in [1.807, 2.05) is 36.4 Å². The normalized spacial score (nSPS) is 23.9. The van der Waals surface area contributed by atoms with Crippen LogP contribution in [0.3, 0.4) is 0 Å². The molecule has 3 unspecified atom stereocenters. The zero-order valence-electron chi connectivity index (χ0n) is 19.1. The molecule has 0 N–H and O–H groups in total. The van der Waals surface area contributed by atoms with E-state index in [4.69, 9.17) is 9.47 Å². The molecule has 2 aromatic rings. The quantitative estimate of drug-likeness (QED) is 0.422. The first kappa shape index (κ1) is 22.9. The lowest BCUT2D eigenvalue weighted by molar-refractivity contribution is 0.143. The topological polar surface area (TPSA) is 21.8 Å². The molecule has 1 heterocycles. The van der Waals surface area contributed by atoms with Gasteiger partial charge in [0.2, 0.25) is 0 Å². The average molecular weight is 465 g/mol. The van der Waals surface area contributed by atoms with E-state index < -0.39 is 11.6 Å². The summed E-state index contributed by atoms with van der Waals surface area (Å²) < 4.78 is 54.7. The maximum absolute atomic E-state index is 14.8. The largest absolute Gasteiger partial charge is 0.377 e. The number of hydrogen-bond donors (Lipinski definition) is 0. The summed E-state index contributed by atoms with van der Waals surface area (Å²) in [6, 6.07) is 11.0. The highest BCUT2D eigenvalue weighted by Crippen LogP contribution is 2.37. The predicted molar refractivity (Wildman–Crippen MR) is 127 cm³/mol. The van der Waals surface area contributed by atoms with Crippen LogP contribution < -0.4 is 0 Å². The van der Waals surface area contributed by atoms with E-state index in [1.165, 1.54) is 0 Å². The minimum atomic E-state index is -0.816. The minimum absolute atomic E-state index is 0.0285. The molecule has 1 aliphatic heterocycles. The lowest BCUT2D eigenvalue weighted by Gasteiger charge is -2.19. The first-order valence-corrected chi connectivity index (χ1v) is 11.7. The first-order valence-electron chi connectivity index (χ1n) is 11.7. The monoisotopic (exact) mass is 464 g/mol. The molecule has 3 atom stereocenters. The molecule has 0 aromatic heterocycles. The van der Waals surface area contributed by atoms with Gasteiger partial charge in [-0.05, 0) is 59.6 Å². The van der Waals surface area contributed by atoms with Gasteiger partial charge in [-0.15, -0.1) is 0 Å². The van der Waals surface area contributed by atoms with Gasteiger partial charge in [-0.25, -0.2) is 13.2 Å². The van der Waals surface area contributed by atoms with Crippen LogP contribution in [0.4, 0.5) is 13.2 Å². The third-order valence-corrected chi connectivity index (χ3v) is 6.83. The van der Waals surface area contributed by atoms with Crippen molar-refractivity contribution >= 4 is 5.57 Å². The second-order valence-electron chi connectivity index (χ2n) is 9.01. The summed E-state index contributed by atoms with van der Waals surface area (Å²) in [7, 11) is 1.62. The van der Waals surface area contributed by atoms with Gasteiger partial charge in [-0.2, -0.15) is 0 Å². The van der Waals surface area contributed by atoms with Crippen LogP contribution in [0.1, 0.15) is 41.0 Å². The molecule has 5 rings (SSSR count). The van der Waals surface area contributed by atoms with Crippen LogP contribution in [0.15, 0.2) is 78.2 Å². The Morgan fingerprint density at radius 3 is 2.38 bits per heavy atom. The maximum atomic E-state index is 14.8. The van der Waals surface area contributed by atoms with Crippen LogP contribution in [-0.4, -0.2) is 25.9 Å². The van der Waals surface area contributed by atoms with Crippen LogP contribution in [-0.2, 0) is 22.3 Å². The molecule has 0 radical (unpaired) electrons. The molecule has 1 saturated heterocycles. The summed E-state index contributed by atoms with van der Waals surface area (Å²) in [5, 5.41) is 0. The Kier molecular flexibility index (Phi) is 6.57. The summed E-state index contributed by atoms with van der Waals surface area (Å²) in [5.41, 5.74) is 4.13. The fraction of sp³-hybridized carbons (Fsp3) is 0.310. The zero-order valence-corrected chi connectivity index (χ0v) is 19.1. The van der Waals surface area contributed by atoms with Crippen molar-refractivity contribution in [3.05, 3.63) is 112 Å². The third-order valence-electron chi connectivity index (χ3n) is 6.83. The Bertz CT molecular complexity index is 1190. The molecular formula is C29H27F3O2. The van der Waals surface area contributed by atoms with Crippen molar-refractivity contribution in [2.45, 2.75) is 43.8 Å². The minimum Gasteiger partial charge on any atom is -0.377 e. The Morgan fingerprint density at radius 2 is 1.74 bits per heavy atom. The molecule has 2 nitrogen and oxygen atoms in total. The highest BCUT2D eigenvalue weighted by molar-refractivity contribution is 5.75. The number of methoxy groups -OCH3 is 1. The van der Waals surface area contributed by atoms with Crippen LogP contribution >= 0.6 is 0 Å². The number of rotatable bonds is 7. The highest BCUT2D eigenvalue weighted by atomic mass is 19.2. The maximum Gasteiger partial charge on any atom is 0.166 e. The van der Waals surface area contributed by atoms with Crippen molar-refractivity contribution in [1.29, 1.82) is 0 Å². The van der Waals surface area contributed by atoms with E-state index >= 15 is 0 Å². The standard InChI is InChI=1S/C29H27F3O2/c1-33-23-12-8-20(9-13-23)25-15-10-21(28(31)29(25)32)7-4-18-2-5-19(6-3-18)24-14-11-22(16-26(24)30)27-17-34-27/h2-3,5-6,8-12,15-16,23-24,27H,4,7,13-14,17H2,1H3. The SMILES string of the molecule is COC1C=CC(c2ccc(CCc3ccc(C4CC=C(C5CO5)C=C4F)cc3)c(F)c2F)=CC1. The Morgan fingerprint density at radius 1 is 0.941 bits per heavy atom. The zero-order chi connectivity index (χ0) is 23.7. The number of benzene rings is 2. The summed E-state index contributed by atoms with van der Waals surface area (Å²) >= 11 is 0. The number of hydrogen-bond acceptors (Lipinski definition) is 2. The Labute approximate surface area is 198 Å². The van der Waals surface area contributed by atoms with E-state index in [0.29, 0.717) is 43.4 Å². The molecule has 0 bridgehead atoms. The van der Waals surface area contributed by atoms with Crippen LogP contribution in [0.2, 0.25) is 0 Å². The van der Waals surface area contributed by atoms with Crippen molar-refractivity contribution in [2.75, 3.05) is 13.7 Å². The highest BCUT2D eigenvalue weighted by Gasteiger charge is 2.30. The average Bonchev–Trinajstić information content (AvgIpc) is 3.71. The number of ether oxygens (including phenoxy) is 2. The summed E-state index contributed by atoms with van der Waals surface area (Å²) in [4.78, 5) is 0. The fourth-order valence-electron chi connectivity index (χ4n) is 4.62. The molecule has 3 aliphatic rings. The molecule has 2 aliphatic carbocycles. The lowest BCUT2D eigenvalue weighted by Crippen LogP contribution is -2.09. The van der Waals surface area contributed by atoms with Gasteiger partial charge >= 0.3 is 0 Å². The second kappa shape index (κ2) is 9.77. The van der Waals surface area contributed by atoms with E-state index in [0.717, 1.165) is 16.7 Å². The molecule has 34 heavy (non-hydrogen) atoms. The van der Waals surface area contributed by atoms with Gasteiger partial charge in [0, 0.05) is 18.6 Å². The number of aryl methyl sites for hydroxylation is 2. The molecule has 176 valence electrons. The van der Waals surface area contributed by atoms with E-state index in [9.17, 15) is 13.2 Å². The van der Waals surface area contributed by atoms with E-state index in [-0.39, 0.29) is 29.5 Å². The fourth-order valence-corrected chi connectivity index (χ4v) is 4.62. The molecular weight excluding hydrogens is 437 g/mol. The van der Waals surface area contributed by atoms with Gasteiger partial charge in [0.05, 0.1) is 12.7 Å². The van der Waals surface area contributed by atoms with Crippen LogP contribution in [0.25, 0.3) is 5.57 Å². The predicted octanol–water partition coefficient (Wildman–Crippen LogP) is 6.77. The van der Waals surface area contributed by atoms with Crippen LogP contribution in [0.5, 0.6) is 0 Å². The van der Waals surface area contributed by atoms with Gasteiger partial charge in [0.25, 0.3) is 0 Å². The number of allylic oxidation sites excluding steroid dienone is 4.